The Kier molecular flexibility index (Phi) is 4.22. The zero-order valence-electron chi connectivity index (χ0n) is 12.5. The molecule has 0 aromatic carbocycles. The topological polar surface area (TPSA) is 102 Å². The Balaban J connectivity index is 1.66. The Morgan fingerprint density at radius 3 is 2.35 bits per heavy atom. The van der Waals surface area contributed by atoms with E-state index in [1.54, 1.807) is 28.1 Å². The van der Waals surface area contributed by atoms with Crippen LogP contribution < -0.4 is 5.56 Å². The van der Waals surface area contributed by atoms with Crippen LogP contribution in [-0.2, 0) is 0 Å². The fourth-order valence-electron chi connectivity index (χ4n) is 2.58. The van der Waals surface area contributed by atoms with Crippen molar-refractivity contribution in [2.45, 2.75) is 6.42 Å². The summed E-state index contributed by atoms with van der Waals surface area (Å²) in [5.74, 6) is -0.304. The molecule has 0 spiro atoms. The van der Waals surface area contributed by atoms with Gasteiger partial charge in [-0.05, 0) is 24.6 Å². The van der Waals surface area contributed by atoms with Crippen molar-refractivity contribution in [3.63, 3.8) is 0 Å². The average Bonchev–Trinajstić information content (AvgIpc) is 2.99. The first kappa shape index (κ1) is 15.0. The van der Waals surface area contributed by atoms with E-state index in [-0.39, 0.29) is 23.1 Å². The first-order valence-electron chi connectivity index (χ1n) is 7.43. The largest absolute Gasteiger partial charge is 0.357 e. The van der Waals surface area contributed by atoms with Crippen LogP contribution in [0.4, 0.5) is 0 Å². The number of nitrogens with one attached hydrogen (secondary N) is 2. The molecule has 2 amide bonds. The van der Waals surface area contributed by atoms with E-state index in [2.05, 4.69) is 15.2 Å². The van der Waals surface area contributed by atoms with E-state index in [4.69, 9.17) is 0 Å². The molecule has 120 valence electrons. The van der Waals surface area contributed by atoms with Gasteiger partial charge in [-0.25, -0.2) is 5.10 Å². The summed E-state index contributed by atoms with van der Waals surface area (Å²) in [6.07, 6.45) is 2.41. The second kappa shape index (κ2) is 6.47. The molecule has 0 bridgehead atoms. The van der Waals surface area contributed by atoms with E-state index in [0.717, 1.165) is 0 Å². The molecule has 1 aliphatic rings. The SMILES string of the molecule is O=C(c1ccc(=O)[nH]n1)N1CCCN(C(=O)c2ccc[nH]2)CC1. The van der Waals surface area contributed by atoms with Crippen molar-refractivity contribution in [2.24, 2.45) is 0 Å². The van der Waals surface area contributed by atoms with E-state index in [9.17, 15) is 14.4 Å². The number of aromatic nitrogens is 3. The smallest absolute Gasteiger partial charge is 0.274 e. The van der Waals surface area contributed by atoms with Crippen LogP contribution in [-0.4, -0.2) is 63.0 Å². The molecular weight excluding hydrogens is 298 g/mol. The van der Waals surface area contributed by atoms with E-state index in [0.29, 0.717) is 38.3 Å². The molecule has 8 nitrogen and oxygen atoms in total. The predicted octanol–water partition coefficient (Wildman–Crippen LogP) is 0.0863. The highest BCUT2D eigenvalue weighted by Gasteiger charge is 2.24. The van der Waals surface area contributed by atoms with Gasteiger partial charge >= 0.3 is 0 Å². The highest BCUT2D eigenvalue weighted by atomic mass is 16.2. The van der Waals surface area contributed by atoms with Crippen LogP contribution in [0.5, 0.6) is 0 Å². The predicted molar refractivity (Wildman–Crippen MR) is 82.1 cm³/mol. The number of amides is 2. The molecule has 0 saturated carbocycles. The van der Waals surface area contributed by atoms with Gasteiger partial charge in [-0.2, -0.15) is 5.10 Å². The number of hydrogen-bond acceptors (Lipinski definition) is 4. The lowest BCUT2D eigenvalue weighted by Gasteiger charge is -2.21. The molecule has 0 radical (unpaired) electrons. The molecule has 1 fully saturated rings. The Labute approximate surface area is 132 Å². The van der Waals surface area contributed by atoms with Gasteiger partial charge < -0.3 is 14.8 Å². The van der Waals surface area contributed by atoms with Crippen LogP contribution in [0.2, 0.25) is 0 Å². The number of hydrogen-bond donors (Lipinski definition) is 2. The minimum atomic E-state index is -0.347. The van der Waals surface area contributed by atoms with E-state index >= 15 is 0 Å². The summed E-state index contributed by atoms with van der Waals surface area (Å²) in [5.41, 5.74) is 0.404. The second-order valence-corrected chi connectivity index (χ2v) is 5.33. The van der Waals surface area contributed by atoms with Crippen molar-refractivity contribution in [2.75, 3.05) is 26.2 Å². The third kappa shape index (κ3) is 3.31. The molecule has 2 aromatic heterocycles. The van der Waals surface area contributed by atoms with Gasteiger partial charge in [0.2, 0.25) is 0 Å². The van der Waals surface area contributed by atoms with Gasteiger partial charge in [-0.1, -0.05) is 0 Å². The monoisotopic (exact) mass is 315 g/mol. The molecule has 1 aliphatic heterocycles. The van der Waals surface area contributed by atoms with Gasteiger partial charge in [0.15, 0.2) is 0 Å². The Morgan fingerprint density at radius 2 is 1.74 bits per heavy atom. The Morgan fingerprint density at radius 1 is 1.00 bits per heavy atom. The van der Waals surface area contributed by atoms with Gasteiger partial charge in [0.25, 0.3) is 17.4 Å². The molecule has 1 saturated heterocycles. The van der Waals surface area contributed by atoms with Crippen LogP contribution in [0.3, 0.4) is 0 Å². The fourth-order valence-corrected chi connectivity index (χ4v) is 2.58. The van der Waals surface area contributed by atoms with Crippen molar-refractivity contribution in [1.82, 2.24) is 25.0 Å². The fraction of sp³-hybridized carbons (Fsp3) is 0.333. The third-order valence-corrected chi connectivity index (χ3v) is 3.80. The summed E-state index contributed by atoms with van der Waals surface area (Å²) in [7, 11) is 0. The number of nitrogens with zero attached hydrogens (tertiary/aromatic N) is 3. The zero-order chi connectivity index (χ0) is 16.2. The molecule has 0 aliphatic carbocycles. The molecule has 3 heterocycles. The van der Waals surface area contributed by atoms with Crippen LogP contribution >= 0.6 is 0 Å². The standard InChI is InChI=1S/C15H17N5O3/c21-13-5-4-12(17-18-13)15(23)20-8-2-7-19(9-10-20)14(22)11-3-1-6-16-11/h1,3-6,16H,2,7-10H2,(H,18,21). The lowest BCUT2D eigenvalue weighted by atomic mass is 10.3. The number of carbonyl (C=O) groups excluding carboxylic acids is 2. The van der Waals surface area contributed by atoms with Gasteiger partial charge in [0.05, 0.1) is 0 Å². The lowest BCUT2D eigenvalue weighted by Crippen LogP contribution is -2.38. The summed E-state index contributed by atoms with van der Waals surface area (Å²) < 4.78 is 0. The maximum Gasteiger partial charge on any atom is 0.274 e. The minimum Gasteiger partial charge on any atom is -0.357 e. The second-order valence-electron chi connectivity index (χ2n) is 5.33. The summed E-state index contributed by atoms with van der Waals surface area (Å²) in [5, 5.41) is 6.02. The van der Waals surface area contributed by atoms with Crippen molar-refractivity contribution >= 4 is 11.8 Å². The molecule has 23 heavy (non-hydrogen) atoms. The Hall–Kier alpha value is -2.90. The minimum absolute atomic E-state index is 0.0635. The van der Waals surface area contributed by atoms with Gasteiger partial charge in [-0.3, -0.25) is 14.4 Å². The molecule has 2 aromatic rings. The highest BCUT2D eigenvalue weighted by molar-refractivity contribution is 5.93. The summed E-state index contributed by atoms with van der Waals surface area (Å²) in [4.78, 5) is 42.0. The highest BCUT2D eigenvalue weighted by Crippen LogP contribution is 2.10. The van der Waals surface area contributed by atoms with Gasteiger partial charge in [-0.15, -0.1) is 0 Å². The van der Waals surface area contributed by atoms with Crippen LogP contribution in [0, 0.1) is 0 Å². The number of H-pyrrole nitrogens is 2. The summed E-state index contributed by atoms with van der Waals surface area (Å²) >= 11 is 0. The summed E-state index contributed by atoms with van der Waals surface area (Å²) in [6.45, 7) is 2.05. The third-order valence-electron chi connectivity index (χ3n) is 3.80. The normalized spacial score (nSPS) is 15.3. The van der Waals surface area contributed by atoms with Crippen molar-refractivity contribution in [3.8, 4) is 0 Å². The Bertz CT molecular complexity index is 732. The van der Waals surface area contributed by atoms with E-state index < -0.39 is 0 Å². The maximum absolute atomic E-state index is 12.4. The molecular formula is C15H17N5O3. The van der Waals surface area contributed by atoms with Crippen molar-refractivity contribution in [1.29, 1.82) is 0 Å². The average molecular weight is 315 g/mol. The van der Waals surface area contributed by atoms with Crippen LogP contribution in [0.25, 0.3) is 0 Å². The van der Waals surface area contributed by atoms with Gasteiger partial charge in [0.1, 0.15) is 11.4 Å². The van der Waals surface area contributed by atoms with Gasteiger partial charge in [0, 0.05) is 38.4 Å². The molecule has 0 unspecified atom stereocenters. The van der Waals surface area contributed by atoms with Crippen LogP contribution in [0.15, 0.2) is 35.3 Å². The molecule has 8 heteroatoms. The molecule has 3 rings (SSSR count). The van der Waals surface area contributed by atoms with Crippen molar-refractivity contribution in [3.05, 3.63) is 52.2 Å². The quantitative estimate of drug-likeness (QED) is 0.819. The number of aromatic amines is 2. The van der Waals surface area contributed by atoms with E-state index in [1.165, 1.54) is 12.1 Å². The zero-order valence-corrected chi connectivity index (χ0v) is 12.5. The first-order valence-corrected chi connectivity index (χ1v) is 7.43. The summed E-state index contributed by atoms with van der Waals surface area (Å²) in [6, 6.07) is 6.20. The number of rotatable bonds is 2. The van der Waals surface area contributed by atoms with E-state index in [1.807, 2.05) is 0 Å². The number of carbonyl (C=O) groups is 2. The maximum atomic E-state index is 12.4. The first-order chi connectivity index (χ1) is 11.1. The van der Waals surface area contributed by atoms with Crippen molar-refractivity contribution < 1.29 is 9.59 Å². The van der Waals surface area contributed by atoms with Crippen LogP contribution in [0.1, 0.15) is 27.4 Å². The molecule has 0 atom stereocenters. The lowest BCUT2D eigenvalue weighted by molar-refractivity contribution is 0.0712. The molecule has 2 N–H and O–H groups in total.